The van der Waals surface area contributed by atoms with Crippen molar-refractivity contribution >= 4 is 9.66 Å². The van der Waals surface area contributed by atoms with E-state index in [1.807, 2.05) is 72.8 Å². The predicted molar refractivity (Wildman–Crippen MR) is 134 cm³/mol. The number of hydrogen-bond donors (Lipinski definition) is 0. The van der Waals surface area contributed by atoms with Crippen LogP contribution in [-0.4, -0.2) is 0 Å². The van der Waals surface area contributed by atoms with Crippen LogP contribution in [0, 0.1) is 4.61 Å². The van der Waals surface area contributed by atoms with Gasteiger partial charge in [-0.3, -0.25) is 0 Å². The third kappa shape index (κ3) is 3.78. The van der Waals surface area contributed by atoms with E-state index < -0.39 is 9.66 Å². The lowest BCUT2D eigenvalue weighted by molar-refractivity contribution is 1.29. The van der Waals surface area contributed by atoms with Crippen molar-refractivity contribution in [3.63, 3.8) is 0 Å². The van der Waals surface area contributed by atoms with Crippen LogP contribution >= 0.6 is 9.66 Å². The van der Waals surface area contributed by atoms with Crippen LogP contribution in [0.4, 0.5) is 0 Å². The molecule has 1 nitrogen and oxygen atoms in total. The molecule has 0 N–H and O–H groups in total. The van der Waals surface area contributed by atoms with Gasteiger partial charge in [-0.25, -0.2) is 4.61 Å². The zero-order valence-electron chi connectivity index (χ0n) is 17.6. The Morgan fingerprint density at radius 2 is 0.688 bits per heavy atom. The minimum Gasteiger partial charge on any atom is -0.216 e. The molecule has 0 spiro atoms. The first-order valence-corrected chi connectivity index (χ1v) is 12.3. The fraction of sp³-hybridized carbons (Fsp3) is 0. The molecule has 0 radical (unpaired) electrons. The van der Waals surface area contributed by atoms with Crippen LogP contribution < -0.4 is 0 Å². The number of rotatable bonds is 2. The molecule has 5 aromatic rings. The van der Waals surface area contributed by atoms with E-state index >= 15 is 0 Å². The van der Waals surface area contributed by atoms with Crippen molar-refractivity contribution in [2.45, 2.75) is 14.7 Å². The average molecular weight is 430 g/mol. The van der Waals surface area contributed by atoms with Gasteiger partial charge in [0.25, 0.3) is 0 Å². The molecule has 0 aliphatic heterocycles. The molecule has 0 saturated heterocycles. The SMILES string of the molecule is N#S(c1ccccc1)(c1ccccc1)c1cc(-c2ccccc2)cc(-c2ccccc2)c1. The Bertz CT molecular complexity index is 1330. The van der Waals surface area contributed by atoms with Gasteiger partial charge in [-0.05, 0) is 64.7 Å². The van der Waals surface area contributed by atoms with Crippen molar-refractivity contribution in [1.29, 1.82) is 4.61 Å². The molecule has 5 aromatic carbocycles. The van der Waals surface area contributed by atoms with Gasteiger partial charge < -0.3 is 0 Å². The van der Waals surface area contributed by atoms with Crippen molar-refractivity contribution in [3.8, 4) is 22.3 Å². The van der Waals surface area contributed by atoms with Crippen molar-refractivity contribution in [3.05, 3.63) is 140 Å². The summed E-state index contributed by atoms with van der Waals surface area (Å²) < 4.78 is 12.5. The molecule has 0 unspecified atom stereocenters. The molecule has 32 heavy (non-hydrogen) atoms. The topological polar surface area (TPSA) is 23.8 Å². The third-order valence-electron chi connectivity index (χ3n) is 5.63. The molecule has 0 saturated carbocycles. The Balaban J connectivity index is 1.81. The lowest BCUT2D eigenvalue weighted by atomic mass is 9.99. The number of hydrogen-bond acceptors (Lipinski definition) is 1. The maximum Gasteiger partial charge on any atom is 0.0321 e. The third-order valence-corrected chi connectivity index (χ3v) is 8.46. The van der Waals surface area contributed by atoms with E-state index in [0.29, 0.717) is 0 Å². The van der Waals surface area contributed by atoms with Crippen LogP contribution in [0.5, 0.6) is 0 Å². The lowest BCUT2D eigenvalue weighted by Crippen LogP contribution is -1.94. The Morgan fingerprint density at radius 3 is 1.06 bits per heavy atom. The summed E-state index contributed by atoms with van der Waals surface area (Å²) in [6, 6.07) is 47.3. The van der Waals surface area contributed by atoms with E-state index in [0.717, 1.165) is 36.9 Å². The fourth-order valence-corrected chi connectivity index (χ4v) is 6.52. The summed E-state index contributed by atoms with van der Waals surface area (Å²) in [5, 5.41) is 0. The summed E-state index contributed by atoms with van der Waals surface area (Å²) in [5.74, 6) is 0. The number of nitrogens with zero attached hydrogens (tertiary/aromatic N) is 1. The Hall–Kier alpha value is -3.84. The summed E-state index contributed by atoms with van der Waals surface area (Å²) in [6.45, 7) is 0. The molecule has 0 heterocycles. The van der Waals surface area contributed by atoms with E-state index in [1.54, 1.807) is 0 Å². The Labute approximate surface area is 190 Å². The molecule has 0 aliphatic rings. The second-order valence-electron chi connectivity index (χ2n) is 7.68. The minimum atomic E-state index is -2.44. The van der Waals surface area contributed by atoms with Crippen molar-refractivity contribution in [2.24, 2.45) is 0 Å². The standard InChI is InChI=1S/C30H23NS/c31-32(28-17-9-3-10-18-28,29-19-11-4-12-20-29)30-22-26(24-13-5-1-6-14-24)21-27(23-30)25-15-7-2-8-16-25/h1-23H. The fourth-order valence-electron chi connectivity index (χ4n) is 4.01. The number of benzene rings is 5. The largest absolute Gasteiger partial charge is 0.216 e. The van der Waals surface area contributed by atoms with Gasteiger partial charge in [0.15, 0.2) is 0 Å². The van der Waals surface area contributed by atoms with Gasteiger partial charge in [-0.2, -0.15) is 0 Å². The van der Waals surface area contributed by atoms with Crippen LogP contribution in [0.2, 0.25) is 0 Å². The van der Waals surface area contributed by atoms with Gasteiger partial charge in [0.1, 0.15) is 0 Å². The zero-order valence-corrected chi connectivity index (χ0v) is 18.5. The van der Waals surface area contributed by atoms with E-state index in [1.165, 1.54) is 0 Å². The first-order chi connectivity index (χ1) is 15.7. The Kier molecular flexibility index (Phi) is 5.47. The van der Waals surface area contributed by atoms with Gasteiger partial charge in [-0.15, -0.1) is 0 Å². The molecule has 0 bridgehead atoms. The molecule has 2 heteroatoms. The van der Waals surface area contributed by atoms with E-state index in [2.05, 4.69) is 66.7 Å². The van der Waals surface area contributed by atoms with Crippen LogP contribution in [-0.2, 0) is 0 Å². The maximum absolute atomic E-state index is 12.5. The van der Waals surface area contributed by atoms with Crippen LogP contribution in [0.25, 0.3) is 22.3 Å². The highest BCUT2D eigenvalue weighted by atomic mass is 32.2. The summed E-state index contributed by atoms with van der Waals surface area (Å²) in [4.78, 5) is 2.78. The molecule has 0 aliphatic carbocycles. The lowest BCUT2D eigenvalue weighted by Gasteiger charge is -2.23. The van der Waals surface area contributed by atoms with E-state index in [4.69, 9.17) is 0 Å². The van der Waals surface area contributed by atoms with E-state index in [-0.39, 0.29) is 0 Å². The first-order valence-electron chi connectivity index (χ1n) is 10.7. The summed E-state index contributed by atoms with van der Waals surface area (Å²) in [5.41, 5.74) is 4.46. The van der Waals surface area contributed by atoms with Crippen molar-refractivity contribution < 1.29 is 0 Å². The van der Waals surface area contributed by atoms with Gasteiger partial charge >= 0.3 is 0 Å². The van der Waals surface area contributed by atoms with Gasteiger partial charge in [-0.1, -0.05) is 97.1 Å². The second kappa shape index (κ2) is 8.72. The zero-order chi connectivity index (χ0) is 21.8. The first kappa shape index (κ1) is 20.1. The highest BCUT2D eigenvalue weighted by molar-refractivity contribution is 8.21. The molecule has 5 rings (SSSR count). The Morgan fingerprint density at radius 1 is 0.344 bits per heavy atom. The summed E-state index contributed by atoms with van der Waals surface area (Å²) >= 11 is 0. The highest BCUT2D eigenvalue weighted by Gasteiger charge is 2.24. The average Bonchev–Trinajstić information content (AvgIpc) is 2.90. The van der Waals surface area contributed by atoms with Crippen molar-refractivity contribution in [2.75, 3.05) is 0 Å². The molecule has 0 amide bonds. The van der Waals surface area contributed by atoms with Crippen LogP contribution in [0.3, 0.4) is 0 Å². The normalized spacial score (nSPS) is 11.2. The van der Waals surface area contributed by atoms with Crippen molar-refractivity contribution in [1.82, 2.24) is 0 Å². The van der Waals surface area contributed by atoms with Gasteiger partial charge in [0.2, 0.25) is 0 Å². The quantitative estimate of drug-likeness (QED) is 0.275. The highest BCUT2D eigenvalue weighted by Crippen LogP contribution is 2.57. The minimum absolute atomic E-state index is 0.926. The predicted octanol–water partition coefficient (Wildman–Crippen LogP) is 8.78. The molecule has 0 atom stereocenters. The van der Waals surface area contributed by atoms with Crippen LogP contribution in [0.1, 0.15) is 0 Å². The maximum atomic E-state index is 12.5. The summed E-state index contributed by atoms with van der Waals surface area (Å²) in [6.07, 6.45) is 0. The molecule has 0 aromatic heterocycles. The van der Waals surface area contributed by atoms with E-state index in [9.17, 15) is 4.61 Å². The molecule has 0 fully saturated rings. The van der Waals surface area contributed by atoms with Crippen LogP contribution in [0.15, 0.2) is 154 Å². The molecular formula is C30H23NS. The molecular weight excluding hydrogens is 406 g/mol. The monoisotopic (exact) mass is 429 g/mol. The molecule has 154 valence electrons. The van der Waals surface area contributed by atoms with Gasteiger partial charge in [0.05, 0.1) is 0 Å². The summed E-state index contributed by atoms with van der Waals surface area (Å²) in [7, 11) is -2.44. The van der Waals surface area contributed by atoms with Gasteiger partial charge in [0, 0.05) is 24.3 Å². The smallest absolute Gasteiger partial charge is 0.0321 e. The second-order valence-corrected chi connectivity index (χ2v) is 10.3.